The van der Waals surface area contributed by atoms with Crippen molar-refractivity contribution in [3.8, 4) is 0 Å². The molecule has 110 valence electrons. The number of nitrogens with one attached hydrogen (secondary N) is 1. The van der Waals surface area contributed by atoms with Gasteiger partial charge >= 0.3 is 0 Å². The van der Waals surface area contributed by atoms with E-state index < -0.39 is 11.6 Å². The average molecular weight is 280 g/mol. The lowest BCUT2D eigenvalue weighted by atomic mass is 9.79. The van der Waals surface area contributed by atoms with E-state index in [4.69, 9.17) is 0 Å². The molecule has 1 aromatic carbocycles. The van der Waals surface area contributed by atoms with Gasteiger partial charge in [-0.05, 0) is 30.5 Å². The molecule has 2 fully saturated rings. The summed E-state index contributed by atoms with van der Waals surface area (Å²) in [5, 5.41) is 3.49. The van der Waals surface area contributed by atoms with Gasteiger partial charge < -0.3 is 5.32 Å². The van der Waals surface area contributed by atoms with Crippen LogP contribution < -0.4 is 5.32 Å². The lowest BCUT2D eigenvalue weighted by Gasteiger charge is -2.50. The summed E-state index contributed by atoms with van der Waals surface area (Å²) >= 11 is 0. The molecule has 1 aromatic rings. The summed E-state index contributed by atoms with van der Waals surface area (Å²) in [5.74, 6) is -0.958. The molecule has 0 unspecified atom stereocenters. The van der Waals surface area contributed by atoms with E-state index >= 15 is 0 Å². The van der Waals surface area contributed by atoms with Crippen molar-refractivity contribution in [2.75, 3.05) is 19.6 Å². The minimum absolute atomic E-state index is 0.194. The van der Waals surface area contributed by atoms with Crippen LogP contribution in [0.2, 0.25) is 0 Å². The molecule has 4 heteroatoms. The van der Waals surface area contributed by atoms with Crippen LogP contribution in [-0.4, -0.2) is 30.1 Å². The minimum atomic E-state index is -0.479. The predicted octanol–water partition coefficient (Wildman–Crippen LogP) is 3.07. The summed E-state index contributed by atoms with van der Waals surface area (Å²) in [6, 6.07) is 3.86. The van der Waals surface area contributed by atoms with Gasteiger partial charge in [0.25, 0.3) is 0 Å². The summed E-state index contributed by atoms with van der Waals surface area (Å²) in [5.41, 5.74) is 0.939. The van der Waals surface area contributed by atoms with Crippen molar-refractivity contribution < 1.29 is 8.78 Å². The first kappa shape index (κ1) is 14.0. The Labute approximate surface area is 119 Å². The Morgan fingerprint density at radius 3 is 2.45 bits per heavy atom. The maximum absolute atomic E-state index is 13.3. The Bertz CT molecular complexity index is 441. The monoisotopic (exact) mass is 280 g/mol. The molecule has 2 nitrogen and oxygen atoms in total. The van der Waals surface area contributed by atoms with Gasteiger partial charge in [-0.15, -0.1) is 0 Å². The zero-order valence-corrected chi connectivity index (χ0v) is 11.8. The molecule has 0 bridgehead atoms. The molecule has 1 saturated heterocycles. The molecule has 1 spiro atoms. The highest BCUT2D eigenvalue weighted by atomic mass is 19.1. The van der Waals surface area contributed by atoms with Crippen molar-refractivity contribution in [1.29, 1.82) is 0 Å². The third-order valence-corrected chi connectivity index (χ3v) is 4.76. The van der Waals surface area contributed by atoms with Gasteiger partial charge in [0.15, 0.2) is 0 Å². The van der Waals surface area contributed by atoms with Gasteiger partial charge in [-0.2, -0.15) is 0 Å². The number of halogens is 2. The van der Waals surface area contributed by atoms with E-state index in [1.54, 1.807) is 0 Å². The number of hydrogen-bond acceptors (Lipinski definition) is 2. The molecule has 1 saturated carbocycles. The normalized spacial score (nSPS) is 23.1. The fourth-order valence-electron chi connectivity index (χ4n) is 3.76. The lowest BCUT2D eigenvalue weighted by Crippen LogP contribution is -2.61. The first-order chi connectivity index (χ1) is 9.68. The summed E-state index contributed by atoms with van der Waals surface area (Å²) in [6.07, 6.45) is 6.21. The Kier molecular flexibility index (Phi) is 4.03. The lowest BCUT2D eigenvalue weighted by molar-refractivity contribution is 0.0207. The van der Waals surface area contributed by atoms with E-state index in [1.807, 2.05) is 0 Å². The number of rotatable bonds is 2. The number of nitrogens with zero attached hydrogens (tertiary/aromatic N) is 1. The molecular formula is C16H22F2N2. The fourth-order valence-corrected chi connectivity index (χ4v) is 3.76. The second-order valence-electron chi connectivity index (χ2n) is 6.16. The van der Waals surface area contributed by atoms with E-state index in [2.05, 4.69) is 10.2 Å². The molecule has 3 rings (SSSR count). The quantitative estimate of drug-likeness (QED) is 0.895. The highest BCUT2D eigenvalue weighted by Crippen LogP contribution is 2.35. The molecule has 1 aliphatic heterocycles. The maximum Gasteiger partial charge on any atom is 0.126 e. The SMILES string of the molecule is Fc1cc(F)cc(CN2CCNCC23CCCCC3)c1. The summed E-state index contributed by atoms with van der Waals surface area (Å²) in [6.45, 7) is 3.57. The molecule has 1 heterocycles. The Hall–Kier alpha value is -1.00. The van der Waals surface area contributed by atoms with Crippen LogP contribution in [0.3, 0.4) is 0 Å². The summed E-state index contributed by atoms with van der Waals surface area (Å²) < 4.78 is 26.7. The summed E-state index contributed by atoms with van der Waals surface area (Å²) in [4.78, 5) is 2.44. The van der Waals surface area contributed by atoms with Crippen LogP contribution in [-0.2, 0) is 6.54 Å². The third kappa shape index (κ3) is 2.86. The van der Waals surface area contributed by atoms with Crippen LogP contribution in [0.1, 0.15) is 37.7 Å². The van der Waals surface area contributed by atoms with Crippen molar-refractivity contribution in [2.24, 2.45) is 0 Å². The molecule has 1 N–H and O–H groups in total. The first-order valence-corrected chi connectivity index (χ1v) is 7.59. The van der Waals surface area contributed by atoms with E-state index in [0.717, 1.165) is 31.3 Å². The fraction of sp³-hybridized carbons (Fsp3) is 0.625. The molecule has 0 radical (unpaired) electrons. The van der Waals surface area contributed by atoms with Crippen molar-refractivity contribution >= 4 is 0 Å². The molecule has 2 aliphatic rings. The van der Waals surface area contributed by atoms with E-state index in [-0.39, 0.29) is 5.54 Å². The molecular weight excluding hydrogens is 258 g/mol. The predicted molar refractivity (Wildman–Crippen MR) is 75.5 cm³/mol. The van der Waals surface area contributed by atoms with Crippen LogP contribution in [0.15, 0.2) is 18.2 Å². The largest absolute Gasteiger partial charge is 0.314 e. The van der Waals surface area contributed by atoms with Crippen LogP contribution in [0.25, 0.3) is 0 Å². The highest BCUT2D eigenvalue weighted by molar-refractivity contribution is 5.18. The topological polar surface area (TPSA) is 15.3 Å². The third-order valence-electron chi connectivity index (χ3n) is 4.76. The average Bonchev–Trinajstić information content (AvgIpc) is 2.41. The second kappa shape index (κ2) is 5.78. The van der Waals surface area contributed by atoms with Crippen molar-refractivity contribution in [3.05, 3.63) is 35.4 Å². The molecule has 0 atom stereocenters. The Balaban J connectivity index is 1.79. The van der Waals surface area contributed by atoms with Gasteiger partial charge in [0, 0.05) is 37.8 Å². The van der Waals surface area contributed by atoms with Crippen LogP contribution >= 0.6 is 0 Å². The standard InChI is InChI=1S/C16H22F2N2/c17-14-8-13(9-15(18)10-14)11-20-7-6-19-12-16(20)4-2-1-3-5-16/h8-10,19H,1-7,11-12H2. The van der Waals surface area contributed by atoms with Crippen molar-refractivity contribution in [3.63, 3.8) is 0 Å². The van der Waals surface area contributed by atoms with Crippen LogP contribution in [0.4, 0.5) is 8.78 Å². The zero-order chi connectivity index (χ0) is 14.0. The van der Waals surface area contributed by atoms with Gasteiger partial charge in [-0.1, -0.05) is 19.3 Å². The van der Waals surface area contributed by atoms with Crippen LogP contribution in [0, 0.1) is 11.6 Å². The van der Waals surface area contributed by atoms with Gasteiger partial charge in [-0.25, -0.2) is 8.78 Å². The maximum atomic E-state index is 13.3. The van der Waals surface area contributed by atoms with Crippen molar-refractivity contribution in [2.45, 2.75) is 44.2 Å². The Morgan fingerprint density at radius 1 is 1.05 bits per heavy atom. The number of benzene rings is 1. The van der Waals surface area contributed by atoms with Gasteiger partial charge in [0.2, 0.25) is 0 Å². The number of hydrogen-bond donors (Lipinski definition) is 1. The highest BCUT2D eigenvalue weighted by Gasteiger charge is 2.39. The van der Waals surface area contributed by atoms with E-state index in [1.165, 1.54) is 44.2 Å². The zero-order valence-electron chi connectivity index (χ0n) is 11.8. The number of piperazine rings is 1. The Morgan fingerprint density at radius 2 is 1.75 bits per heavy atom. The first-order valence-electron chi connectivity index (χ1n) is 7.59. The molecule has 0 amide bonds. The molecule has 20 heavy (non-hydrogen) atoms. The van der Waals surface area contributed by atoms with E-state index in [9.17, 15) is 8.78 Å². The van der Waals surface area contributed by atoms with Gasteiger partial charge in [0.1, 0.15) is 11.6 Å². The second-order valence-corrected chi connectivity index (χ2v) is 6.16. The smallest absolute Gasteiger partial charge is 0.126 e. The van der Waals surface area contributed by atoms with E-state index in [0.29, 0.717) is 6.54 Å². The minimum Gasteiger partial charge on any atom is -0.314 e. The van der Waals surface area contributed by atoms with Gasteiger partial charge in [-0.3, -0.25) is 4.90 Å². The van der Waals surface area contributed by atoms with Gasteiger partial charge in [0.05, 0.1) is 0 Å². The summed E-state index contributed by atoms with van der Waals surface area (Å²) in [7, 11) is 0. The molecule has 0 aromatic heterocycles. The van der Waals surface area contributed by atoms with Crippen molar-refractivity contribution in [1.82, 2.24) is 10.2 Å². The van der Waals surface area contributed by atoms with Crippen LogP contribution in [0.5, 0.6) is 0 Å². The molecule has 1 aliphatic carbocycles.